The molecule has 26 heavy (non-hydrogen) atoms. The molecular formula is C19H25ClIN3O2. The Labute approximate surface area is 177 Å². The molecule has 0 atom stereocenters. The van der Waals surface area contributed by atoms with E-state index in [1.54, 1.807) is 14.2 Å². The van der Waals surface area contributed by atoms with E-state index in [-0.39, 0.29) is 24.0 Å². The van der Waals surface area contributed by atoms with Crippen molar-refractivity contribution in [1.29, 1.82) is 0 Å². The van der Waals surface area contributed by atoms with Crippen molar-refractivity contribution in [2.45, 2.75) is 20.0 Å². The summed E-state index contributed by atoms with van der Waals surface area (Å²) in [5, 5.41) is 7.27. The Kier molecular flexibility index (Phi) is 10.2. The first kappa shape index (κ1) is 22.4. The first-order valence-corrected chi connectivity index (χ1v) is 8.52. The van der Waals surface area contributed by atoms with Gasteiger partial charge in [-0.1, -0.05) is 35.9 Å². The second kappa shape index (κ2) is 11.9. The third-order valence-corrected chi connectivity index (χ3v) is 3.98. The van der Waals surface area contributed by atoms with E-state index in [4.69, 9.17) is 21.1 Å². The molecule has 0 amide bonds. The molecule has 0 aromatic heterocycles. The molecule has 2 aromatic rings. The smallest absolute Gasteiger partial charge is 0.191 e. The number of nitrogens with zero attached hydrogens (tertiary/aromatic N) is 1. The van der Waals surface area contributed by atoms with Crippen molar-refractivity contribution >= 4 is 41.5 Å². The van der Waals surface area contributed by atoms with Gasteiger partial charge in [0.2, 0.25) is 0 Å². The average molecular weight is 490 g/mol. The molecule has 0 heterocycles. The monoisotopic (exact) mass is 489 g/mol. The Morgan fingerprint density at radius 3 is 2.42 bits per heavy atom. The highest BCUT2D eigenvalue weighted by molar-refractivity contribution is 14.0. The first-order valence-electron chi connectivity index (χ1n) is 8.14. The maximum Gasteiger partial charge on any atom is 0.191 e. The van der Waals surface area contributed by atoms with Crippen LogP contribution in [0.2, 0.25) is 5.02 Å². The number of halogens is 2. The minimum Gasteiger partial charge on any atom is -0.493 e. The summed E-state index contributed by atoms with van der Waals surface area (Å²) >= 11 is 6.19. The molecule has 0 fully saturated rings. The van der Waals surface area contributed by atoms with Gasteiger partial charge in [-0.15, -0.1) is 24.0 Å². The standard InChI is InChI=1S/C19H24ClN3O2.HI/c1-4-21-19(23-13-15-7-5-6-8-16(15)20)22-12-14-9-10-17(24-2)18(11-14)25-3;/h5-11H,4,12-13H2,1-3H3,(H2,21,22,23);1H. The van der Waals surface area contributed by atoms with E-state index in [9.17, 15) is 0 Å². The zero-order chi connectivity index (χ0) is 18.1. The van der Waals surface area contributed by atoms with Crippen LogP contribution in [-0.2, 0) is 13.1 Å². The Morgan fingerprint density at radius 2 is 1.77 bits per heavy atom. The lowest BCUT2D eigenvalue weighted by molar-refractivity contribution is 0.354. The fraction of sp³-hybridized carbons (Fsp3) is 0.316. The maximum atomic E-state index is 6.19. The molecule has 0 aliphatic heterocycles. The summed E-state index contributed by atoms with van der Waals surface area (Å²) in [6.07, 6.45) is 0. The van der Waals surface area contributed by atoms with Crippen LogP contribution in [0, 0.1) is 0 Å². The van der Waals surface area contributed by atoms with E-state index < -0.39 is 0 Å². The molecule has 0 unspecified atom stereocenters. The molecule has 2 aromatic carbocycles. The number of hydrogen-bond acceptors (Lipinski definition) is 3. The fourth-order valence-corrected chi connectivity index (χ4v) is 2.51. The van der Waals surface area contributed by atoms with Crippen LogP contribution in [0.4, 0.5) is 0 Å². The highest BCUT2D eigenvalue weighted by Crippen LogP contribution is 2.27. The van der Waals surface area contributed by atoms with Crippen LogP contribution in [0.5, 0.6) is 11.5 Å². The van der Waals surface area contributed by atoms with Crippen LogP contribution in [0.25, 0.3) is 0 Å². The van der Waals surface area contributed by atoms with Crippen molar-refractivity contribution in [3.05, 3.63) is 58.6 Å². The van der Waals surface area contributed by atoms with Gasteiger partial charge in [0, 0.05) is 18.1 Å². The van der Waals surface area contributed by atoms with Gasteiger partial charge in [0.15, 0.2) is 17.5 Å². The molecule has 2 N–H and O–H groups in total. The molecule has 0 bridgehead atoms. The predicted molar refractivity (Wildman–Crippen MR) is 118 cm³/mol. The lowest BCUT2D eigenvalue weighted by Gasteiger charge is -2.13. The molecule has 2 rings (SSSR count). The van der Waals surface area contributed by atoms with Gasteiger partial charge in [-0.2, -0.15) is 0 Å². The number of aliphatic imine (C=N–C) groups is 1. The number of hydrogen-bond donors (Lipinski definition) is 2. The molecule has 0 radical (unpaired) electrons. The SMILES string of the molecule is CCNC(=NCc1ccc(OC)c(OC)c1)NCc1ccccc1Cl.I. The Balaban J connectivity index is 0.00000338. The van der Waals surface area contributed by atoms with Gasteiger partial charge in [0.25, 0.3) is 0 Å². The quantitative estimate of drug-likeness (QED) is 0.347. The van der Waals surface area contributed by atoms with Crippen molar-refractivity contribution in [3.8, 4) is 11.5 Å². The number of methoxy groups -OCH3 is 2. The summed E-state index contributed by atoms with van der Waals surface area (Å²) < 4.78 is 10.6. The zero-order valence-corrected chi connectivity index (χ0v) is 18.3. The van der Waals surface area contributed by atoms with Crippen LogP contribution in [0.15, 0.2) is 47.5 Å². The average Bonchev–Trinajstić information content (AvgIpc) is 2.64. The normalized spacial score (nSPS) is 10.7. The lowest BCUT2D eigenvalue weighted by atomic mass is 10.2. The number of ether oxygens (including phenoxy) is 2. The zero-order valence-electron chi connectivity index (χ0n) is 15.2. The van der Waals surface area contributed by atoms with Gasteiger partial charge in [-0.25, -0.2) is 4.99 Å². The van der Waals surface area contributed by atoms with Crippen LogP contribution in [0.1, 0.15) is 18.1 Å². The van der Waals surface area contributed by atoms with Gasteiger partial charge in [-0.05, 0) is 36.2 Å². The Bertz CT molecular complexity index is 726. The van der Waals surface area contributed by atoms with Gasteiger partial charge in [0.05, 0.1) is 20.8 Å². The molecule has 0 spiro atoms. The Hall–Kier alpha value is -1.67. The van der Waals surface area contributed by atoms with Gasteiger partial charge in [0.1, 0.15) is 0 Å². The van der Waals surface area contributed by atoms with E-state index >= 15 is 0 Å². The van der Waals surface area contributed by atoms with E-state index in [2.05, 4.69) is 15.6 Å². The molecule has 0 aliphatic rings. The third-order valence-electron chi connectivity index (χ3n) is 3.62. The van der Waals surface area contributed by atoms with Crippen molar-refractivity contribution < 1.29 is 9.47 Å². The van der Waals surface area contributed by atoms with Crippen molar-refractivity contribution in [3.63, 3.8) is 0 Å². The lowest BCUT2D eigenvalue weighted by Crippen LogP contribution is -2.36. The molecular weight excluding hydrogens is 465 g/mol. The van der Waals surface area contributed by atoms with Gasteiger partial charge >= 0.3 is 0 Å². The van der Waals surface area contributed by atoms with E-state index in [0.717, 1.165) is 28.7 Å². The number of benzene rings is 2. The number of rotatable bonds is 7. The minimum absolute atomic E-state index is 0. The highest BCUT2D eigenvalue weighted by Gasteiger charge is 2.05. The molecule has 0 saturated carbocycles. The summed E-state index contributed by atoms with van der Waals surface area (Å²) in [4.78, 5) is 4.61. The molecule has 0 aliphatic carbocycles. The Morgan fingerprint density at radius 1 is 1.04 bits per heavy atom. The third kappa shape index (κ3) is 6.57. The van der Waals surface area contributed by atoms with Crippen molar-refractivity contribution in [2.24, 2.45) is 4.99 Å². The topological polar surface area (TPSA) is 54.9 Å². The second-order valence-corrected chi connectivity index (χ2v) is 5.74. The van der Waals surface area contributed by atoms with Crippen molar-refractivity contribution in [2.75, 3.05) is 20.8 Å². The van der Waals surface area contributed by atoms with Crippen LogP contribution >= 0.6 is 35.6 Å². The van der Waals surface area contributed by atoms with Crippen molar-refractivity contribution in [1.82, 2.24) is 10.6 Å². The van der Waals surface area contributed by atoms with Gasteiger partial charge < -0.3 is 20.1 Å². The van der Waals surface area contributed by atoms with E-state index in [1.807, 2.05) is 49.4 Å². The van der Waals surface area contributed by atoms with Crippen LogP contribution in [-0.4, -0.2) is 26.7 Å². The highest BCUT2D eigenvalue weighted by atomic mass is 127. The molecule has 0 saturated heterocycles. The van der Waals surface area contributed by atoms with Crippen LogP contribution in [0.3, 0.4) is 0 Å². The fourth-order valence-electron chi connectivity index (χ4n) is 2.31. The summed E-state index contributed by atoms with van der Waals surface area (Å²) in [6.45, 7) is 3.94. The summed E-state index contributed by atoms with van der Waals surface area (Å²) in [7, 11) is 3.25. The van der Waals surface area contributed by atoms with E-state index in [0.29, 0.717) is 24.6 Å². The maximum absolute atomic E-state index is 6.19. The molecule has 5 nitrogen and oxygen atoms in total. The number of nitrogens with one attached hydrogen (secondary N) is 2. The predicted octanol–water partition coefficient (Wildman–Crippen LogP) is 4.23. The largest absolute Gasteiger partial charge is 0.493 e. The van der Waals surface area contributed by atoms with Gasteiger partial charge in [-0.3, -0.25) is 0 Å². The molecule has 142 valence electrons. The first-order chi connectivity index (χ1) is 12.2. The second-order valence-electron chi connectivity index (χ2n) is 5.33. The number of guanidine groups is 1. The minimum atomic E-state index is 0. The van der Waals surface area contributed by atoms with Crippen LogP contribution < -0.4 is 20.1 Å². The molecule has 7 heteroatoms. The summed E-state index contributed by atoms with van der Waals surface area (Å²) in [5.74, 6) is 2.14. The summed E-state index contributed by atoms with van der Waals surface area (Å²) in [5.41, 5.74) is 2.06. The summed E-state index contributed by atoms with van der Waals surface area (Å²) in [6, 6.07) is 13.6. The van der Waals surface area contributed by atoms with E-state index in [1.165, 1.54) is 0 Å².